The minimum absolute atomic E-state index is 0. The van der Waals surface area contributed by atoms with Crippen molar-refractivity contribution in [3.63, 3.8) is 0 Å². The summed E-state index contributed by atoms with van der Waals surface area (Å²) in [6.45, 7) is 0. The molecular formula is C9H11ClN2O3. The van der Waals surface area contributed by atoms with Gasteiger partial charge in [-0.1, -0.05) is 0 Å². The third-order valence-corrected chi connectivity index (χ3v) is 1.70. The van der Waals surface area contributed by atoms with Crippen molar-refractivity contribution in [2.24, 2.45) is 5.84 Å². The number of carbonyl (C=O) groups excluding carboxylic acids is 2. The Morgan fingerprint density at radius 3 is 2.07 bits per heavy atom. The molecule has 6 heteroatoms. The van der Waals surface area contributed by atoms with Gasteiger partial charge in [-0.15, -0.1) is 12.4 Å². The summed E-state index contributed by atoms with van der Waals surface area (Å²) in [7, 11) is 1.29. The summed E-state index contributed by atoms with van der Waals surface area (Å²) in [4.78, 5) is 22.0. The average Bonchev–Trinajstić information content (AvgIpc) is 2.27. The molecule has 0 saturated heterocycles. The Kier molecular flexibility index (Phi) is 5.36. The van der Waals surface area contributed by atoms with Gasteiger partial charge in [0.15, 0.2) is 0 Å². The predicted molar refractivity (Wildman–Crippen MR) is 56.7 cm³/mol. The van der Waals surface area contributed by atoms with Crippen LogP contribution in [-0.4, -0.2) is 19.0 Å². The van der Waals surface area contributed by atoms with E-state index in [4.69, 9.17) is 5.84 Å². The molecule has 1 rings (SSSR count). The number of nitrogens with one attached hydrogen (secondary N) is 1. The molecule has 1 amide bonds. The lowest BCUT2D eigenvalue weighted by Gasteiger charge is -2.01. The standard InChI is InChI=1S/C9H10N2O3.ClH/c1-14-9(13)7-4-2-6(3-5-7)8(12)11-10;/h2-5H,10H2,1H3,(H,11,12);1H. The molecule has 0 atom stereocenters. The number of nitrogens with two attached hydrogens (primary N) is 1. The molecule has 0 fully saturated rings. The van der Waals surface area contributed by atoms with Gasteiger partial charge in [0, 0.05) is 5.56 Å². The summed E-state index contributed by atoms with van der Waals surface area (Å²) in [5, 5.41) is 0. The highest BCUT2D eigenvalue weighted by Gasteiger charge is 2.07. The van der Waals surface area contributed by atoms with Gasteiger partial charge in [0.05, 0.1) is 12.7 Å². The number of ether oxygens (including phenoxy) is 1. The Morgan fingerprint density at radius 1 is 1.20 bits per heavy atom. The van der Waals surface area contributed by atoms with Gasteiger partial charge in [0.2, 0.25) is 0 Å². The van der Waals surface area contributed by atoms with E-state index in [-0.39, 0.29) is 12.4 Å². The zero-order valence-electron chi connectivity index (χ0n) is 8.02. The maximum absolute atomic E-state index is 11.0. The number of methoxy groups -OCH3 is 1. The minimum atomic E-state index is -0.440. The zero-order chi connectivity index (χ0) is 10.6. The number of esters is 1. The van der Waals surface area contributed by atoms with Gasteiger partial charge in [-0.05, 0) is 24.3 Å². The molecule has 0 aliphatic rings. The molecule has 0 unspecified atom stereocenters. The predicted octanol–water partition coefficient (Wildman–Crippen LogP) is 0.498. The van der Waals surface area contributed by atoms with Gasteiger partial charge in [-0.25, -0.2) is 10.6 Å². The number of halogens is 1. The summed E-state index contributed by atoms with van der Waals surface area (Å²) < 4.78 is 4.50. The molecule has 0 aliphatic carbocycles. The van der Waals surface area contributed by atoms with Crippen LogP contribution in [0.1, 0.15) is 20.7 Å². The van der Waals surface area contributed by atoms with Crippen molar-refractivity contribution in [1.82, 2.24) is 5.43 Å². The lowest BCUT2D eigenvalue weighted by molar-refractivity contribution is 0.0600. The van der Waals surface area contributed by atoms with E-state index in [1.807, 2.05) is 5.43 Å². The summed E-state index contributed by atoms with van der Waals surface area (Å²) in [6, 6.07) is 5.98. The smallest absolute Gasteiger partial charge is 0.337 e. The number of rotatable bonds is 2. The maximum atomic E-state index is 11.0. The molecule has 0 heterocycles. The minimum Gasteiger partial charge on any atom is -0.465 e. The lowest BCUT2D eigenvalue weighted by Crippen LogP contribution is -2.29. The van der Waals surface area contributed by atoms with Gasteiger partial charge >= 0.3 is 5.97 Å². The SMILES string of the molecule is COC(=O)c1ccc(C(=O)NN)cc1.Cl. The summed E-state index contributed by atoms with van der Waals surface area (Å²) in [5.41, 5.74) is 2.77. The molecule has 5 nitrogen and oxygen atoms in total. The van der Waals surface area contributed by atoms with E-state index < -0.39 is 11.9 Å². The van der Waals surface area contributed by atoms with Crippen LogP contribution in [0, 0.1) is 0 Å². The third-order valence-electron chi connectivity index (χ3n) is 1.70. The number of hydrogen-bond acceptors (Lipinski definition) is 4. The van der Waals surface area contributed by atoms with Crippen molar-refractivity contribution in [2.75, 3.05) is 7.11 Å². The number of hydrogen-bond donors (Lipinski definition) is 2. The Bertz CT molecular complexity index is 316. The van der Waals surface area contributed by atoms with Gasteiger partial charge in [0.1, 0.15) is 0 Å². The van der Waals surface area contributed by atoms with Gasteiger partial charge in [-0.2, -0.15) is 0 Å². The maximum Gasteiger partial charge on any atom is 0.337 e. The second kappa shape index (κ2) is 6.00. The van der Waals surface area contributed by atoms with Crippen LogP contribution >= 0.6 is 12.4 Å². The molecule has 1 aromatic rings. The number of carbonyl (C=O) groups is 2. The second-order valence-corrected chi connectivity index (χ2v) is 2.54. The molecule has 0 radical (unpaired) electrons. The molecule has 0 aromatic heterocycles. The van der Waals surface area contributed by atoms with Gasteiger partial charge in [0.25, 0.3) is 5.91 Å². The fourth-order valence-electron chi connectivity index (χ4n) is 0.959. The van der Waals surface area contributed by atoms with Crippen molar-refractivity contribution in [3.8, 4) is 0 Å². The van der Waals surface area contributed by atoms with Crippen LogP contribution in [0.25, 0.3) is 0 Å². The van der Waals surface area contributed by atoms with Crippen molar-refractivity contribution >= 4 is 24.3 Å². The first kappa shape index (κ1) is 13.4. The highest BCUT2D eigenvalue weighted by molar-refractivity contribution is 5.95. The fraction of sp³-hybridized carbons (Fsp3) is 0.111. The molecule has 1 aromatic carbocycles. The van der Waals surface area contributed by atoms with Crippen LogP contribution in [0.4, 0.5) is 0 Å². The van der Waals surface area contributed by atoms with Crippen LogP contribution in [0.3, 0.4) is 0 Å². The second-order valence-electron chi connectivity index (χ2n) is 2.54. The van der Waals surface area contributed by atoms with E-state index in [0.29, 0.717) is 11.1 Å². The lowest BCUT2D eigenvalue weighted by atomic mass is 10.1. The topological polar surface area (TPSA) is 81.4 Å². The molecule has 15 heavy (non-hydrogen) atoms. The Balaban J connectivity index is 0.00000196. The van der Waals surface area contributed by atoms with Gasteiger partial charge in [-0.3, -0.25) is 10.2 Å². The molecular weight excluding hydrogens is 220 g/mol. The number of benzene rings is 1. The monoisotopic (exact) mass is 230 g/mol. The molecule has 82 valence electrons. The van der Waals surface area contributed by atoms with Crippen LogP contribution in [0.2, 0.25) is 0 Å². The molecule has 0 saturated carbocycles. The number of hydrazine groups is 1. The van der Waals surface area contributed by atoms with Crippen molar-refractivity contribution < 1.29 is 14.3 Å². The molecule has 0 bridgehead atoms. The van der Waals surface area contributed by atoms with Crippen molar-refractivity contribution in [3.05, 3.63) is 35.4 Å². The molecule has 0 aliphatic heterocycles. The zero-order valence-corrected chi connectivity index (χ0v) is 8.84. The van der Waals surface area contributed by atoms with Crippen molar-refractivity contribution in [1.29, 1.82) is 0 Å². The number of amides is 1. The van der Waals surface area contributed by atoms with Crippen LogP contribution < -0.4 is 11.3 Å². The Hall–Kier alpha value is -1.59. The third kappa shape index (κ3) is 3.23. The fourth-order valence-corrected chi connectivity index (χ4v) is 0.959. The van der Waals surface area contributed by atoms with E-state index in [1.165, 1.54) is 31.4 Å². The van der Waals surface area contributed by atoms with Gasteiger partial charge < -0.3 is 4.74 Å². The Morgan fingerprint density at radius 2 is 1.67 bits per heavy atom. The Labute approximate surface area is 93.0 Å². The quantitative estimate of drug-likeness (QED) is 0.336. The molecule has 3 N–H and O–H groups in total. The average molecular weight is 231 g/mol. The summed E-state index contributed by atoms with van der Waals surface area (Å²) in [5.74, 6) is 4.10. The van der Waals surface area contributed by atoms with Crippen LogP contribution in [-0.2, 0) is 4.74 Å². The van der Waals surface area contributed by atoms with Crippen LogP contribution in [0.15, 0.2) is 24.3 Å². The normalized spacial score (nSPS) is 8.67. The van der Waals surface area contributed by atoms with E-state index in [9.17, 15) is 9.59 Å². The largest absolute Gasteiger partial charge is 0.465 e. The molecule has 0 spiro atoms. The first-order valence-electron chi connectivity index (χ1n) is 3.88. The number of nitrogen functional groups attached to an aromatic ring is 1. The highest BCUT2D eigenvalue weighted by Crippen LogP contribution is 2.05. The first-order chi connectivity index (χ1) is 6.69. The van der Waals surface area contributed by atoms with Crippen LogP contribution in [0.5, 0.6) is 0 Å². The van der Waals surface area contributed by atoms with E-state index in [2.05, 4.69) is 4.74 Å². The summed E-state index contributed by atoms with van der Waals surface area (Å²) >= 11 is 0. The first-order valence-corrected chi connectivity index (χ1v) is 3.88. The van der Waals surface area contributed by atoms with E-state index >= 15 is 0 Å². The van der Waals surface area contributed by atoms with E-state index in [1.54, 1.807) is 0 Å². The summed E-state index contributed by atoms with van der Waals surface area (Å²) in [6.07, 6.45) is 0. The van der Waals surface area contributed by atoms with E-state index in [0.717, 1.165) is 0 Å². The van der Waals surface area contributed by atoms with Crippen molar-refractivity contribution in [2.45, 2.75) is 0 Å². The highest BCUT2D eigenvalue weighted by atomic mass is 35.5.